The molecule has 0 aliphatic rings. The van der Waals surface area contributed by atoms with Crippen LogP contribution in [0.5, 0.6) is 0 Å². The third kappa shape index (κ3) is 3.83. The van der Waals surface area contributed by atoms with Crippen molar-refractivity contribution in [1.29, 1.82) is 0 Å². The van der Waals surface area contributed by atoms with Crippen LogP contribution in [-0.4, -0.2) is 11.9 Å². The van der Waals surface area contributed by atoms with Crippen LogP contribution in [0.1, 0.15) is 10.4 Å². The van der Waals surface area contributed by atoms with Crippen LogP contribution in [0.15, 0.2) is 53.0 Å². The van der Waals surface area contributed by atoms with Crippen molar-refractivity contribution in [3.05, 3.63) is 58.6 Å². The SMILES string of the molecule is NC(=O)Nc1ccc(C(=O)Nc2ccc(Br)cc2)cc1. The summed E-state index contributed by atoms with van der Waals surface area (Å²) in [6.07, 6.45) is 0. The van der Waals surface area contributed by atoms with E-state index in [9.17, 15) is 9.59 Å². The van der Waals surface area contributed by atoms with Gasteiger partial charge in [0.1, 0.15) is 0 Å². The van der Waals surface area contributed by atoms with E-state index in [1.807, 2.05) is 12.1 Å². The van der Waals surface area contributed by atoms with Gasteiger partial charge >= 0.3 is 6.03 Å². The van der Waals surface area contributed by atoms with Gasteiger partial charge in [-0.1, -0.05) is 15.9 Å². The number of anilines is 2. The van der Waals surface area contributed by atoms with Crippen molar-refractivity contribution >= 4 is 39.2 Å². The van der Waals surface area contributed by atoms with Gasteiger partial charge in [-0.05, 0) is 48.5 Å². The van der Waals surface area contributed by atoms with Gasteiger partial charge in [-0.3, -0.25) is 4.79 Å². The number of benzene rings is 2. The smallest absolute Gasteiger partial charge is 0.316 e. The average molecular weight is 334 g/mol. The molecule has 6 heteroatoms. The van der Waals surface area contributed by atoms with Gasteiger partial charge in [0, 0.05) is 21.4 Å². The van der Waals surface area contributed by atoms with E-state index < -0.39 is 6.03 Å². The van der Waals surface area contributed by atoms with E-state index in [0.717, 1.165) is 4.47 Å². The molecule has 2 aromatic rings. The van der Waals surface area contributed by atoms with Crippen LogP contribution in [-0.2, 0) is 0 Å². The zero-order chi connectivity index (χ0) is 14.5. The number of amides is 3. The Bertz CT molecular complexity index is 624. The maximum absolute atomic E-state index is 12.0. The second kappa shape index (κ2) is 6.21. The van der Waals surface area contributed by atoms with Crippen molar-refractivity contribution in [2.45, 2.75) is 0 Å². The number of halogens is 1. The molecule has 5 nitrogen and oxygen atoms in total. The zero-order valence-electron chi connectivity index (χ0n) is 10.4. The van der Waals surface area contributed by atoms with Crippen LogP contribution in [0.25, 0.3) is 0 Å². The lowest BCUT2D eigenvalue weighted by Gasteiger charge is -2.06. The fourth-order valence-electron chi connectivity index (χ4n) is 1.58. The van der Waals surface area contributed by atoms with Crippen LogP contribution in [0.4, 0.5) is 16.2 Å². The first-order chi connectivity index (χ1) is 9.54. The lowest BCUT2D eigenvalue weighted by atomic mass is 10.2. The lowest BCUT2D eigenvalue weighted by molar-refractivity contribution is 0.102. The summed E-state index contributed by atoms with van der Waals surface area (Å²) in [7, 11) is 0. The van der Waals surface area contributed by atoms with Crippen molar-refractivity contribution in [3.63, 3.8) is 0 Å². The molecule has 0 heterocycles. The second-order valence-electron chi connectivity index (χ2n) is 4.03. The maximum Gasteiger partial charge on any atom is 0.316 e. The molecule has 0 radical (unpaired) electrons. The van der Waals surface area contributed by atoms with Crippen LogP contribution in [0.3, 0.4) is 0 Å². The van der Waals surface area contributed by atoms with Gasteiger partial charge in [0.25, 0.3) is 5.91 Å². The normalized spacial score (nSPS) is 9.85. The summed E-state index contributed by atoms with van der Waals surface area (Å²) in [5.74, 6) is -0.224. The second-order valence-corrected chi connectivity index (χ2v) is 4.94. The molecule has 0 fully saturated rings. The van der Waals surface area contributed by atoms with Gasteiger partial charge < -0.3 is 16.4 Å². The van der Waals surface area contributed by atoms with E-state index in [1.54, 1.807) is 36.4 Å². The molecule has 0 saturated carbocycles. The van der Waals surface area contributed by atoms with Crippen molar-refractivity contribution in [1.82, 2.24) is 0 Å². The topological polar surface area (TPSA) is 84.2 Å². The largest absolute Gasteiger partial charge is 0.351 e. The van der Waals surface area contributed by atoms with Gasteiger partial charge in [-0.15, -0.1) is 0 Å². The minimum atomic E-state index is -0.642. The van der Waals surface area contributed by atoms with Crippen molar-refractivity contribution in [2.75, 3.05) is 10.6 Å². The molecule has 4 N–H and O–H groups in total. The molecule has 0 unspecified atom stereocenters. The van der Waals surface area contributed by atoms with Gasteiger partial charge in [0.15, 0.2) is 0 Å². The summed E-state index contributed by atoms with van der Waals surface area (Å²) in [5.41, 5.74) is 6.74. The first-order valence-electron chi connectivity index (χ1n) is 5.78. The highest BCUT2D eigenvalue weighted by molar-refractivity contribution is 9.10. The summed E-state index contributed by atoms with van der Waals surface area (Å²) >= 11 is 3.33. The van der Waals surface area contributed by atoms with Gasteiger partial charge in [0.05, 0.1) is 0 Å². The number of carbonyl (C=O) groups excluding carboxylic acids is 2. The summed E-state index contributed by atoms with van der Waals surface area (Å²) in [6.45, 7) is 0. The maximum atomic E-state index is 12.0. The van der Waals surface area contributed by atoms with Crippen LogP contribution in [0.2, 0.25) is 0 Å². The molecule has 0 aliphatic heterocycles. The highest BCUT2D eigenvalue weighted by Crippen LogP contribution is 2.16. The predicted octanol–water partition coefficient (Wildman–Crippen LogP) is 3.19. The molecule has 0 spiro atoms. The Morgan fingerprint density at radius 3 is 1.90 bits per heavy atom. The number of carbonyl (C=O) groups is 2. The Morgan fingerprint density at radius 2 is 1.35 bits per heavy atom. The number of hydrogen-bond acceptors (Lipinski definition) is 2. The number of nitrogens with two attached hydrogens (primary N) is 1. The van der Waals surface area contributed by atoms with Gasteiger partial charge in [0.2, 0.25) is 0 Å². The van der Waals surface area contributed by atoms with E-state index in [2.05, 4.69) is 26.6 Å². The zero-order valence-corrected chi connectivity index (χ0v) is 12.0. The molecule has 0 atom stereocenters. The average Bonchev–Trinajstić information content (AvgIpc) is 2.41. The molecule has 2 aromatic carbocycles. The Hall–Kier alpha value is -2.34. The number of nitrogens with one attached hydrogen (secondary N) is 2. The Kier molecular flexibility index (Phi) is 4.37. The van der Waals surface area contributed by atoms with E-state index in [-0.39, 0.29) is 5.91 Å². The molecule has 102 valence electrons. The summed E-state index contributed by atoms with van der Waals surface area (Å²) in [4.78, 5) is 22.7. The minimum absolute atomic E-state index is 0.224. The molecule has 0 saturated heterocycles. The Balaban J connectivity index is 2.05. The molecule has 0 aliphatic carbocycles. The third-order valence-electron chi connectivity index (χ3n) is 2.52. The van der Waals surface area contributed by atoms with E-state index in [0.29, 0.717) is 16.9 Å². The number of primary amides is 1. The fraction of sp³-hybridized carbons (Fsp3) is 0. The van der Waals surface area contributed by atoms with Crippen molar-refractivity contribution in [2.24, 2.45) is 5.73 Å². The van der Waals surface area contributed by atoms with Crippen LogP contribution < -0.4 is 16.4 Å². The molecular formula is C14H12BrN3O2. The van der Waals surface area contributed by atoms with Crippen LogP contribution >= 0.6 is 15.9 Å². The molecule has 2 rings (SSSR count). The van der Waals surface area contributed by atoms with Gasteiger partial charge in [-0.25, -0.2) is 4.79 Å². The van der Waals surface area contributed by atoms with Crippen LogP contribution in [0, 0.1) is 0 Å². The monoisotopic (exact) mass is 333 g/mol. The van der Waals surface area contributed by atoms with Gasteiger partial charge in [-0.2, -0.15) is 0 Å². The number of rotatable bonds is 3. The molecule has 0 bridgehead atoms. The molecule has 3 amide bonds. The third-order valence-corrected chi connectivity index (χ3v) is 3.05. The molecule has 20 heavy (non-hydrogen) atoms. The first-order valence-corrected chi connectivity index (χ1v) is 6.57. The highest BCUT2D eigenvalue weighted by Gasteiger charge is 2.06. The lowest BCUT2D eigenvalue weighted by Crippen LogP contribution is -2.19. The summed E-state index contributed by atoms with van der Waals surface area (Å²) in [6, 6.07) is 13.1. The number of hydrogen-bond donors (Lipinski definition) is 3. The van der Waals surface area contributed by atoms with E-state index in [4.69, 9.17) is 5.73 Å². The first kappa shape index (κ1) is 14.1. The summed E-state index contributed by atoms with van der Waals surface area (Å²) < 4.78 is 0.942. The van der Waals surface area contributed by atoms with Crippen molar-refractivity contribution in [3.8, 4) is 0 Å². The quantitative estimate of drug-likeness (QED) is 0.805. The van der Waals surface area contributed by atoms with E-state index >= 15 is 0 Å². The fourth-order valence-corrected chi connectivity index (χ4v) is 1.85. The minimum Gasteiger partial charge on any atom is -0.351 e. The Morgan fingerprint density at radius 1 is 0.850 bits per heavy atom. The highest BCUT2D eigenvalue weighted by atomic mass is 79.9. The predicted molar refractivity (Wildman–Crippen MR) is 81.7 cm³/mol. The van der Waals surface area contributed by atoms with Crippen molar-refractivity contribution < 1.29 is 9.59 Å². The standard InChI is InChI=1S/C14H12BrN3O2/c15-10-3-7-11(8-4-10)17-13(19)9-1-5-12(6-2-9)18-14(16)20/h1-8H,(H,17,19)(H3,16,18,20). The Labute approximate surface area is 124 Å². The molecule has 0 aromatic heterocycles. The number of urea groups is 1. The summed E-state index contributed by atoms with van der Waals surface area (Å²) in [5, 5.41) is 5.20. The molecular weight excluding hydrogens is 322 g/mol. The van der Waals surface area contributed by atoms with E-state index in [1.165, 1.54) is 0 Å².